The van der Waals surface area contributed by atoms with Crippen LogP contribution < -0.4 is 15.8 Å². The van der Waals surface area contributed by atoms with Gasteiger partial charge in [-0.05, 0) is 31.2 Å². The number of nitrogen functional groups attached to an aromatic ring is 1. The van der Waals surface area contributed by atoms with Crippen LogP contribution in [0.3, 0.4) is 0 Å². The zero-order chi connectivity index (χ0) is 15.2. The van der Waals surface area contributed by atoms with Crippen LogP contribution in [0.4, 0.5) is 11.4 Å². The smallest absolute Gasteiger partial charge is 0.237 e. The number of furan rings is 1. The summed E-state index contributed by atoms with van der Waals surface area (Å²) in [7, 11) is 1.57. The number of hydrogen-bond acceptors (Lipinski definition) is 5. The summed E-state index contributed by atoms with van der Waals surface area (Å²) in [5.41, 5.74) is 6.95. The van der Waals surface area contributed by atoms with Gasteiger partial charge in [0.15, 0.2) is 0 Å². The number of ether oxygens (including phenoxy) is 1. The van der Waals surface area contributed by atoms with Gasteiger partial charge < -0.3 is 20.2 Å². The van der Waals surface area contributed by atoms with Crippen molar-refractivity contribution in [2.24, 2.45) is 0 Å². The molecule has 0 radical (unpaired) electrons. The molecular weight excluding hydrogens is 288 g/mol. The van der Waals surface area contributed by atoms with Crippen molar-refractivity contribution in [3.05, 3.63) is 42.4 Å². The number of nitrogens with two attached hydrogens (primary N) is 1. The molecule has 0 aliphatic rings. The van der Waals surface area contributed by atoms with E-state index < -0.39 is 0 Å². The van der Waals surface area contributed by atoms with E-state index in [1.165, 1.54) is 11.8 Å². The number of amides is 1. The van der Waals surface area contributed by atoms with E-state index in [1.807, 2.05) is 19.1 Å². The summed E-state index contributed by atoms with van der Waals surface area (Å²) in [6.07, 6.45) is 1.62. The molecule has 1 aromatic carbocycles. The molecule has 1 amide bonds. The Balaban J connectivity index is 1.91. The minimum absolute atomic E-state index is 0.0941. The number of nitrogens with one attached hydrogen (secondary N) is 1. The van der Waals surface area contributed by atoms with Gasteiger partial charge in [0.05, 0.1) is 35.8 Å². The summed E-state index contributed by atoms with van der Waals surface area (Å²) in [6.45, 7) is 1.85. The van der Waals surface area contributed by atoms with Gasteiger partial charge in [0, 0.05) is 6.07 Å². The zero-order valence-corrected chi connectivity index (χ0v) is 12.8. The molecule has 0 bridgehead atoms. The molecule has 21 heavy (non-hydrogen) atoms. The number of benzene rings is 1. The van der Waals surface area contributed by atoms with Gasteiger partial charge in [-0.15, -0.1) is 11.8 Å². The first-order valence-electron chi connectivity index (χ1n) is 6.48. The summed E-state index contributed by atoms with van der Waals surface area (Å²) in [4.78, 5) is 12.1. The Kier molecular flexibility index (Phi) is 5.16. The average molecular weight is 306 g/mol. The van der Waals surface area contributed by atoms with Crippen molar-refractivity contribution in [1.29, 1.82) is 0 Å². The summed E-state index contributed by atoms with van der Waals surface area (Å²) < 4.78 is 10.3. The molecule has 1 aromatic heterocycles. The first kappa shape index (κ1) is 15.3. The van der Waals surface area contributed by atoms with E-state index >= 15 is 0 Å². The molecule has 1 heterocycles. The standard InChI is InChI=1S/C15H18N2O3S/c1-10(21-9-12-4-3-7-20-12)15(18)17-14-6-5-11(19-2)8-13(14)16/h3-8,10H,9,16H2,1-2H3,(H,17,18). The SMILES string of the molecule is COc1ccc(NC(=O)C(C)SCc2ccco2)c(N)c1. The third kappa shape index (κ3) is 4.19. The summed E-state index contributed by atoms with van der Waals surface area (Å²) in [5.74, 6) is 2.07. The highest BCUT2D eigenvalue weighted by atomic mass is 32.2. The molecule has 112 valence electrons. The van der Waals surface area contributed by atoms with Crippen molar-refractivity contribution >= 4 is 29.0 Å². The molecule has 3 N–H and O–H groups in total. The molecule has 0 aliphatic heterocycles. The van der Waals surface area contributed by atoms with Gasteiger partial charge >= 0.3 is 0 Å². The minimum atomic E-state index is -0.211. The number of carbonyl (C=O) groups is 1. The van der Waals surface area contributed by atoms with Gasteiger partial charge in [0.25, 0.3) is 0 Å². The van der Waals surface area contributed by atoms with Gasteiger partial charge in [-0.1, -0.05) is 0 Å². The van der Waals surface area contributed by atoms with Gasteiger partial charge in [-0.3, -0.25) is 4.79 Å². The largest absolute Gasteiger partial charge is 0.497 e. The molecule has 0 fully saturated rings. The Morgan fingerprint density at radius 1 is 1.48 bits per heavy atom. The molecule has 5 nitrogen and oxygen atoms in total. The van der Waals surface area contributed by atoms with Crippen molar-refractivity contribution in [1.82, 2.24) is 0 Å². The predicted octanol–water partition coefficient (Wildman–Crippen LogP) is 3.13. The third-order valence-corrected chi connectivity index (χ3v) is 4.11. The van der Waals surface area contributed by atoms with E-state index in [4.69, 9.17) is 14.9 Å². The van der Waals surface area contributed by atoms with Gasteiger partial charge in [-0.2, -0.15) is 0 Å². The topological polar surface area (TPSA) is 77.5 Å². The molecule has 6 heteroatoms. The third-order valence-electron chi connectivity index (χ3n) is 2.94. The minimum Gasteiger partial charge on any atom is -0.497 e. The number of carbonyl (C=O) groups excluding carboxylic acids is 1. The average Bonchev–Trinajstić information content (AvgIpc) is 3.00. The molecule has 0 spiro atoms. The monoisotopic (exact) mass is 306 g/mol. The quantitative estimate of drug-likeness (QED) is 0.802. The number of anilines is 2. The van der Waals surface area contributed by atoms with Crippen LogP contribution in [0, 0.1) is 0 Å². The Morgan fingerprint density at radius 3 is 2.90 bits per heavy atom. The van der Waals surface area contributed by atoms with Crippen molar-refractivity contribution in [2.75, 3.05) is 18.2 Å². The fourth-order valence-electron chi connectivity index (χ4n) is 1.69. The molecule has 2 rings (SSSR count). The maximum atomic E-state index is 12.1. The second-order valence-corrected chi connectivity index (χ2v) is 5.80. The second kappa shape index (κ2) is 7.08. The highest BCUT2D eigenvalue weighted by molar-refractivity contribution is 7.99. The zero-order valence-electron chi connectivity index (χ0n) is 12.0. The molecule has 0 aliphatic carbocycles. The summed E-state index contributed by atoms with van der Waals surface area (Å²) in [6, 6.07) is 8.89. The van der Waals surface area contributed by atoms with E-state index in [1.54, 1.807) is 31.6 Å². The van der Waals surface area contributed by atoms with Gasteiger partial charge in [0.2, 0.25) is 5.91 Å². The Hall–Kier alpha value is -2.08. The lowest BCUT2D eigenvalue weighted by Crippen LogP contribution is -2.23. The van der Waals surface area contributed by atoms with Crippen molar-refractivity contribution in [2.45, 2.75) is 17.9 Å². The van der Waals surface area contributed by atoms with Crippen LogP contribution >= 0.6 is 11.8 Å². The fourth-order valence-corrected chi connectivity index (χ4v) is 2.48. The van der Waals surface area contributed by atoms with E-state index in [0.29, 0.717) is 22.9 Å². The Bertz CT molecular complexity index is 599. The van der Waals surface area contributed by atoms with E-state index in [0.717, 1.165) is 5.76 Å². The van der Waals surface area contributed by atoms with Crippen molar-refractivity contribution in [3.8, 4) is 5.75 Å². The molecule has 0 saturated heterocycles. The summed E-state index contributed by atoms with van der Waals surface area (Å²) >= 11 is 1.50. The fraction of sp³-hybridized carbons (Fsp3) is 0.267. The highest BCUT2D eigenvalue weighted by Crippen LogP contribution is 2.25. The lowest BCUT2D eigenvalue weighted by molar-refractivity contribution is -0.115. The molecule has 1 atom stereocenters. The summed E-state index contributed by atoms with van der Waals surface area (Å²) in [5, 5.41) is 2.61. The lowest BCUT2D eigenvalue weighted by atomic mass is 10.2. The normalized spacial score (nSPS) is 11.9. The van der Waals surface area contributed by atoms with Crippen LogP contribution in [0.2, 0.25) is 0 Å². The maximum Gasteiger partial charge on any atom is 0.237 e. The van der Waals surface area contributed by atoms with Crippen LogP contribution in [0.5, 0.6) is 5.75 Å². The van der Waals surface area contributed by atoms with Gasteiger partial charge in [-0.25, -0.2) is 0 Å². The lowest BCUT2D eigenvalue weighted by Gasteiger charge is -2.13. The van der Waals surface area contributed by atoms with Crippen LogP contribution in [0.1, 0.15) is 12.7 Å². The first-order chi connectivity index (χ1) is 10.1. The van der Waals surface area contributed by atoms with Crippen LogP contribution in [-0.4, -0.2) is 18.3 Å². The molecular formula is C15H18N2O3S. The molecule has 0 saturated carbocycles. The second-order valence-electron chi connectivity index (χ2n) is 4.48. The van der Waals surface area contributed by atoms with Crippen molar-refractivity contribution < 1.29 is 13.9 Å². The number of thioether (sulfide) groups is 1. The van der Waals surface area contributed by atoms with E-state index in [2.05, 4.69) is 5.32 Å². The van der Waals surface area contributed by atoms with Crippen LogP contribution in [-0.2, 0) is 10.5 Å². The number of hydrogen-bond donors (Lipinski definition) is 2. The molecule has 1 unspecified atom stereocenters. The Morgan fingerprint density at radius 2 is 2.29 bits per heavy atom. The Labute approximate surface area is 127 Å². The number of methoxy groups -OCH3 is 1. The highest BCUT2D eigenvalue weighted by Gasteiger charge is 2.15. The van der Waals surface area contributed by atoms with E-state index in [-0.39, 0.29) is 11.2 Å². The van der Waals surface area contributed by atoms with Crippen molar-refractivity contribution in [3.63, 3.8) is 0 Å². The number of rotatable bonds is 6. The van der Waals surface area contributed by atoms with Crippen LogP contribution in [0.25, 0.3) is 0 Å². The van der Waals surface area contributed by atoms with Crippen LogP contribution in [0.15, 0.2) is 41.0 Å². The molecule has 2 aromatic rings. The maximum absolute atomic E-state index is 12.1. The predicted molar refractivity (Wildman–Crippen MR) is 85.5 cm³/mol. The first-order valence-corrected chi connectivity index (χ1v) is 7.53. The van der Waals surface area contributed by atoms with E-state index in [9.17, 15) is 4.79 Å². The van der Waals surface area contributed by atoms with Gasteiger partial charge in [0.1, 0.15) is 11.5 Å².